The molecule has 4 nitrogen and oxygen atoms in total. The molecular weight excluding hydrogens is 377 g/mol. The van der Waals surface area contributed by atoms with Crippen LogP contribution in [0.2, 0.25) is 0 Å². The maximum absolute atomic E-state index is 12.2. The third-order valence-corrected chi connectivity index (χ3v) is 5.83. The molecule has 2 aromatic rings. The maximum atomic E-state index is 12.2. The van der Waals surface area contributed by atoms with Crippen LogP contribution in [0.5, 0.6) is 11.5 Å². The Bertz CT molecular complexity index is 751. The Labute approximate surface area is 159 Å². The molecule has 1 saturated carbocycles. The maximum Gasteiger partial charge on any atom is 0.573 e. The number of benzene rings is 1. The van der Waals surface area contributed by atoms with Crippen molar-refractivity contribution in [3.05, 3.63) is 40.3 Å². The zero-order valence-corrected chi connectivity index (χ0v) is 15.6. The smallest absolute Gasteiger partial charge is 0.490 e. The Kier molecular flexibility index (Phi) is 5.27. The first-order chi connectivity index (χ1) is 12.9. The number of thiazole rings is 1. The number of ether oxygens (including phenoxy) is 2. The summed E-state index contributed by atoms with van der Waals surface area (Å²) in [6.07, 6.45) is -0.266. The van der Waals surface area contributed by atoms with Gasteiger partial charge in [-0.3, -0.25) is 4.90 Å². The minimum absolute atomic E-state index is 0.0769. The fraction of sp³-hybridized carbons (Fsp3) is 0.526. The molecule has 4 rings (SSSR count). The summed E-state index contributed by atoms with van der Waals surface area (Å²) in [5.74, 6) is 1.03. The van der Waals surface area contributed by atoms with Crippen molar-refractivity contribution in [2.24, 2.45) is 0 Å². The number of piperidine rings is 1. The molecule has 146 valence electrons. The lowest BCUT2D eigenvalue weighted by atomic mass is 10.1. The fourth-order valence-corrected chi connectivity index (χ4v) is 4.22. The first-order valence-electron chi connectivity index (χ1n) is 9.14. The van der Waals surface area contributed by atoms with E-state index in [0.29, 0.717) is 11.7 Å². The van der Waals surface area contributed by atoms with E-state index in [0.717, 1.165) is 38.2 Å². The fourth-order valence-electron chi connectivity index (χ4n) is 3.24. The summed E-state index contributed by atoms with van der Waals surface area (Å²) in [5.41, 5.74) is 1.15. The molecule has 0 unspecified atom stereocenters. The molecule has 0 radical (unpaired) electrons. The molecule has 8 heteroatoms. The SMILES string of the molecule is FC(F)(F)Oc1ccc(OC2CCN(Cc3csc(C4CC4)n3)CC2)cc1. The van der Waals surface area contributed by atoms with Crippen LogP contribution in [-0.4, -0.2) is 35.4 Å². The summed E-state index contributed by atoms with van der Waals surface area (Å²) in [4.78, 5) is 7.12. The summed E-state index contributed by atoms with van der Waals surface area (Å²) in [6.45, 7) is 2.73. The van der Waals surface area contributed by atoms with Crippen LogP contribution in [0.3, 0.4) is 0 Å². The first-order valence-corrected chi connectivity index (χ1v) is 10.0. The second kappa shape index (κ2) is 7.67. The Morgan fingerprint density at radius 2 is 1.70 bits per heavy atom. The molecule has 1 saturated heterocycles. The summed E-state index contributed by atoms with van der Waals surface area (Å²) in [7, 11) is 0. The van der Waals surface area contributed by atoms with E-state index in [9.17, 15) is 13.2 Å². The van der Waals surface area contributed by atoms with Crippen LogP contribution in [0, 0.1) is 0 Å². The standard InChI is InChI=1S/C19H21F3N2O2S/c20-19(21,22)26-17-5-3-15(4-6-17)25-16-7-9-24(10-8-16)11-14-12-27-18(23-14)13-1-2-13/h3-6,12-13,16H,1-2,7-11H2. The van der Waals surface area contributed by atoms with Crippen molar-refractivity contribution in [3.8, 4) is 11.5 Å². The highest BCUT2D eigenvalue weighted by Gasteiger charge is 2.31. The van der Waals surface area contributed by atoms with Crippen molar-refractivity contribution in [1.82, 2.24) is 9.88 Å². The number of nitrogens with zero attached hydrogens (tertiary/aromatic N) is 2. The number of hydrogen-bond donors (Lipinski definition) is 0. The summed E-state index contributed by atoms with van der Waals surface area (Å²) >= 11 is 1.77. The third kappa shape index (κ3) is 5.35. The monoisotopic (exact) mass is 398 g/mol. The van der Waals surface area contributed by atoms with Gasteiger partial charge in [0.2, 0.25) is 0 Å². The Hall–Kier alpha value is -1.80. The van der Waals surface area contributed by atoms with E-state index >= 15 is 0 Å². The molecule has 1 aliphatic carbocycles. The predicted molar refractivity (Wildman–Crippen MR) is 96.1 cm³/mol. The summed E-state index contributed by atoms with van der Waals surface area (Å²) in [5, 5.41) is 3.45. The van der Waals surface area contributed by atoms with Gasteiger partial charge < -0.3 is 9.47 Å². The third-order valence-electron chi connectivity index (χ3n) is 4.78. The van der Waals surface area contributed by atoms with Crippen LogP contribution in [0.15, 0.2) is 29.6 Å². The van der Waals surface area contributed by atoms with Crippen LogP contribution in [0.4, 0.5) is 13.2 Å². The second-order valence-electron chi connectivity index (χ2n) is 7.06. The Balaban J connectivity index is 1.23. The Morgan fingerprint density at radius 1 is 1.04 bits per heavy atom. The lowest BCUT2D eigenvalue weighted by molar-refractivity contribution is -0.274. The molecule has 0 amide bonds. The molecule has 2 fully saturated rings. The van der Waals surface area contributed by atoms with Gasteiger partial charge in [0, 0.05) is 30.9 Å². The van der Waals surface area contributed by atoms with Crippen molar-refractivity contribution >= 4 is 11.3 Å². The number of halogens is 3. The molecule has 0 atom stereocenters. The van der Waals surface area contributed by atoms with Crippen molar-refractivity contribution in [3.63, 3.8) is 0 Å². The van der Waals surface area contributed by atoms with E-state index in [-0.39, 0.29) is 11.9 Å². The molecule has 2 aliphatic rings. The molecule has 0 bridgehead atoms. The van der Waals surface area contributed by atoms with Gasteiger partial charge in [-0.1, -0.05) is 0 Å². The highest BCUT2D eigenvalue weighted by atomic mass is 32.1. The number of alkyl halides is 3. The van der Waals surface area contributed by atoms with Gasteiger partial charge in [0.05, 0.1) is 10.7 Å². The van der Waals surface area contributed by atoms with E-state index in [1.807, 2.05) is 0 Å². The van der Waals surface area contributed by atoms with E-state index < -0.39 is 6.36 Å². The highest BCUT2D eigenvalue weighted by Crippen LogP contribution is 2.41. The van der Waals surface area contributed by atoms with E-state index in [1.54, 1.807) is 11.3 Å². The van der Waals surface area contributed by atoms with Gasteiger partial charge in [0.15, 0.2) is 0 Å². The van der Waals surface area contributed by atoms with Crippen molar-refractivity contribution in [1.29, 1.82) is 0 Å². The Morgan fingerprint density at radius 3 is 2.33 bits per heavy atom. The van der Waals surface area contributed by atoms with E-state index in [1.165, 1.54) is 42.1 Å². The van der Waals surface area contributed by atoms with Crippen molar-refractivity contribution in [2.45, 2.75) is 50.6 Å². The molecular formula is C19H21F3N2O2S. The van der Waals surface area contributed by atoms with Crippen molar-refractivity contribution in [2.75, 3.05) is 13.1 Å². The van der Waals surface area contributed by atoms with Gasteiger partial charge in [-0.05, 0) is 49.9 Å². The average molecular weight is 398 g/mol. The quantitative estimate of drug-likeness (QED) is 0.689. The molecule has 27 heavy (non-hydrogen) atoms. The van der Waals surface area contributed by atoms with Gasteiger partial charge >= 0.3 is 6.36 Å². The van der Waals surface area contributed by atoms with Gasteiger partial charge in [0.1, 0.15) is 17.6 Å². The van der Waals surface area contributed by atoms with Crippen LogP contribution < -0.4 is 9.47 Å². The zero-order chi connectivity index (χ0) is 18.9. The topological polar surface area (TPSA) is 34.6 Å². The largest absolute Gasteiger partial charge is 0.573 e. The van der Waals surface area contributed by atoms with Gasteiger partial charge in [-0.25, -0.2) is 4.98 Å². The lowest BCUT2D eigenvalue weighted by Gasteiger charge is -2.31. The molecule has 0 spiro atoms. The van der Waals surface area contributed by atoms with E-state index in [4.69, 9.17) is 9.72 Å². The number of hydrogen-bond acceptors (Lipinski definition) is 5. The number of likely N-dealkylation sites (tertiary alicyclic amines) is 1. The van der Waals surface area contributed by atoms with Crippen LogP contribution >= 0.6 is 11.3 Å². The number of aromatic nitrogens is 1. The number of rotatable bonds is 6. The van der Waals surface area contributed by atoms with Crippen LogP contribution in [0.1, 0.15) is 42.3 Å². The molecule has 1 aliphatic heterocycles. The second-order valence-corrected chi connectivity index (χ2v) is 7.95. The first kappa shape index (κ1) is 18.6. The molecule has 1 aromatic carbocycles. The molecule has 0 N–H and O–H groups in total. The minimum Gasteiger partial charge on any atom is -0.490 e. The zero-order valence-electron chi connectivity index (χ0n) is 14.7. The lowest BCUT2D eigenvalue weighted by Crippen LogP contribution is -2.37. The normalized spacial score (nSPS) is 19.2. The molecule has 2 heterocycles. The van der Waals surface area contributed by atoms with Crippen LogP contribution in [-0.2, 0) is 6.54 Å². The average Bonchev–Trinajstić information content (AvgIpc) is 3.37. The summed E-state index contributed by atoms with van der Waals surface area (Å²) in [6, 6.07) is 5.58. The highest BCUT2D eigenvalue weighted by molar-refractivity contribution is 7.09. The van der Waals surface area contributed by atoms with Gasteiger partial charge in [-0.15, -0.1) is 24.5 Å². The predicted octanol–water partition coefficient (Wildman–Crippen LogP) is 4.96. The molecule has 1 aromatic heterocycles. The van der Waals surface area contributed by atoms with E-state index in [2.05, 4.69) is 15.0 Å². The van der Waals surface area contributed by atoms with Crippen LogP contribution in [0.25, 0.3) is 0 Å². The minimum atomic E-state index is -4.67. The summed E-state index contributed by atoms with van der Waals surface area (Å²) < 4.78 is 46.3. The van der Waals surface area contributed by atoms with Crippen molar-refractivity contribution < 1.29 is 22.6 Å². The van der Waals surface area contributed by atoms with Gasteiger partial charge in [-0.2, -0.15) is 0 Å². The van der Waals surface area contributed by atoms with Gasteiger partial charge in [0.25, 0.3) is 0 Å².